The summed E-state index contributed by atoms with van der Waals surface area (Å²) in [6.45, 7) is 6.52. The summed E-state index contributed by atoms with van der Waals surface area (Å²) in [5, 5.41) is 22.4. The van der Waals surface area contributed by atoms with E-state index in [1.165, 1.54) is 12.8 Å². The van der Waals surface area contributed by atoms with Crippen molar-refractivity contribution in [3.63, 3.8) is 0 Å². The van der Waals surface area contributed by atoms with Gasteiger partial charge >= 0.3 is 0 Å². The molecule has 4 aliphatic rings. The third kappa shape index (κ3) is 4.00. The van der Waals surface area contributed by atoms with Gasteiger partial charge in [0.1, 0.15) is 0 Å². The van der Waals surface area contributed by atoms with Crippen LogP contribution in [-0.2, 0) is 4.84 Å². The second kappa shape index (κ2) is 8.81. The molecule has 7 nitrogen and oxygen atoms in total. The van der Waals surface area contributed by atoms with Crippen LogP contribution < -0.4 is 16.9 Å². The summed E-state index contributed by atoms with van der Waals surface area (Å²) in [7, 11) is 0. The van der Waals surface area contributed by atoms with E-state index in [2.05, 4.69) is 24.3 Å². The monoisotopic (exact) mass is 436 g/mol. The Kier molecular flexibility index (Phi) is 6.61. The van der Waals surface area contributed by atoms with Gasteiger partial charge in [-0.15, -0.1) is 0 Å². The highest BCUT2D eigenvalue weighted by atomic mass is 16.6. The molecule has 8 atom stereocenters. The third-order valence-electron chi connectivity index (χ3n) is 10.2. The van der Waals surface area contributed by atoms with Crippen LogP contribution in [0.15, 0.2) is 4.99 Å². The minimum absolute atomic E-state index is 0.00841. The molecule has 31 heavy (non-hydrogen) atoms. The Labute approximate surface area is 187 Å². The van der Waals surface area contributed by atoms with E-state index in [9.17, 15) is 10.2 Å². The van der Waals surface area contributed by atoms with Gasteiger partial charge in [0.05, 0.1) is 24.9 Å². The summed E-state index contributed by atoms with van der Waals surface area (Å²) in [6, 6.07) is 0. The molecule has 0 aromatic carbocycles. The van der Waals surface area contributed by atoms with Crippen LogP contribution in [-0.4, -0.2) is 47.6 Å². The molecule has 0 unspecified atom stereocenters. The number of fused-ring (bicyclic) bond motifs is 5. The first-order valence-electron chi connectivity index (χ1n) is 12.5. The minimum atomic E-state index is -0.543. The van der Waals surface area contributed by atoms with Gasteiger partial charge < -0.3 is 21.7 Å². The molecule has 4 saturated carbocycles. The number of nitrogens with zero attached hydrogens (tertiary/aromatic N) is 1. The molecule has 0 aromatic heterocycles. The molecule has 4 aliphatic carbocycles. The number of hydroxylamine groups is 1. The molecule has 4 rings (SSSR count). The first kappa shape index (κ1) is 23.3. The second-order valence-corrected chi connectivity index (χ2v) is 11.4. The maximum Gasteiger partial charge on any atom is 0.185 e. The fraction of sp³-hybridized carbons (Fsp3) is 0.958. The maximum atomic E-state index is 12.2. The lowest BCUT2D eigenvalue weighted by Crippen LogP contribution is -2.62. The van der Waals surface area contributed by atoms with Crippen molar-refractivity contribution in [2.75, 3.05) is 19.7 Å². The number of nitrogens with two attached hydrogens (primary N) is 2. The minimum Gasteiger partial charge on any atom is -0.393 e. The van der Waals surface area contributed by atoms with Crippen LogP contribution >= 0.6 is 0 Å². The average molecular weight is 437 g/mol. The van der Waals surface area contributed by atoms with E-state index in [4.69, 9.17) is 16.3 Å². The van der Waals surface area contributed by atoms with Crippen molar-refractivity contribution < 1.29 is 15.1 Å². The van der Waals surface area contributed by atoms with Crippen LogP contribution in [0.5, 0.6) is 0 Å². The van der Waals surface area contributed by atoms with E-state index in [0.29, 0.717) is 42.2 Å². The van der Waals surface area contributed by atoms with Crippen molar-refractivity contribution in [2.45, 2.75) is 89.8 Å². The summed E-state index contributed by atoms with van der Waals surface area (Å²) in [5.41, 5.74) is 13.4. The molecule has 0 aromatic rings. The van der Waals surface area contributed by atoms with E-state index >= 15 is 0 Å². The predicted molar refractivity (Wildman–Crippen MR) is 122 cm³/mol. The number of aliphatic hydroxyl groups excluding tert-OH is 1. The average Bonchev–Trinajstić information content (AvgIpc) is 2.99. The zero-order valence-electron chi connectivity index (χ0n) is 19.5. The summed E-state index contributed by atoms with van der Waals surface area (Å²) < 4.78 is 0. The molecule has 0 heterocycles. The van der Waals surface area contributed by atoms with Crippen LogP contribution in [0.3, 0.4) is 0 Å². The van der Waals surface area contributed by atoms with Gasteiger partial charge in [-0.3, -0.25) is 9.83 Å². The lowest BCUT2D eigenvalue weighted by atomic mass is 9.43. The molecule has 7 N–H and O–H groups in total. The van der Waals surface area contributed by atoms with Gasteiger partial charge in [-0.05, 0) is 98.7 Å². The van der Waals surface area contributed by atoms with Gasteiger partial charge in [-0.2, -0.15) is 0 Å². The molecule has 4 fully saturated rings. The molecule has 0 spiro atoms. The molecule has 178 valence electrons. The van der Waals surface area contributed by atoms with E-state index in [0.717, 1.165) is 57.9 Å². The highest BCUT2D eigenvalue weighted by Gasteiger charge is 2.66. The zero-order valence-corrected chi connectivity index (χ0v) is 19.5. The third-order valence-corrected chi connectivity index (χ3v) is 10.2. The number of nitrogens with one attached hydrogen (secondary N) is 1. The summed E-state index contributed by atoms with van der Waals surface area (Å²) in [5.74, 6) is 2.25. The molecular weight excluding hydrogens is 392 g/mol. The van der Waals surface area contributed by atoms with Crippen molar-refractivity contribution in [2.24, 2.45) is 51.0 Å². The topological polar surface area (TPSA) is 126 Å². The first-order chi connectivity index (χ1) is 14.7. The molecule has 0 radical (unpaired) electrons. The first-order valence-corrected chi connectivity index (χ1v) is 12.5. The Morgan fingerprint density at radius 3 is 2.65 bits per heavy atom. The van der Waals surface area contributed by atoms with E-state index in [1.807, 2.05) is 0 Å². The van der Waals surface area contributed by atoms with Crippen molar-refractivity contribution in [3.8, 4) is 0 Å². The SMILES string of the molecule is C[C@]12CC[C@H](O)C[C@H]1CC[C@@H]1[C@@H]2CC[C@]2(C)[C@@H](CCNOCCN=C(N)N)CC[C@]12O. The molecule has 0 amide bonds. The predicted octanol–water partition coefficient (Wildman–Crippen LogP) is 2.31. The Hall–Kier alpha value is -0.890. The lowest BCUT2D eigenvalue weighted by Gasteiger charge is -2.63. The van der Waals surface area contributed by atoms with Crippen LogP contribution in [0, 0.1) is 34.5 Å². The Balaban J connectivity index is 1.36. The van der Waals surface area contributed by atoms with E-state index < -0.39 is 5.60 Å². The second-order valence-electron chi connectivity index (χ2n) is 11.4. The Morgan fingerprint density at radius 1 is 1.06 bits per heavy atom. The fourth-order valence-electron chi connectivity index (χ4n) is 8.37. The summed E-state index contributed by atoms with van der Waals surface area (Å²) >= 11 is 0. The largest absolute Gasteiger partial charge is 0.393 e. The van der Waals surface area contributed by atoms with Gasteiger partial charge in [-0.25, -0.2) is 5.48 Å². The van der Waals surface area contributed by atoms with Crippen LogP contribution in [0.25, 0.3) is 0 Å². The van der Waals surface area contributed by atoms with E-state index in [1.54, 1.807) is 0 Å². The quantitative estimate of drug-likeness (QED) is 0.180. The normalized spacial score (nSPS) is 46.6. The van der Waals surface area contributed by atoms with Gasteiger partial charge in [0.15, 0.2) is 5.96 Å². The van der Waals surface area contributed by atoms with Gasteiger partial charge in [-0.1, -0.05) is 13.8 Å². The maximum absolute atomic E-state index is 12.2. The van der Waals surface area contributed by atoms with Crippen molar-refractivity contribution >= 4 is 5.96 Å². The number of hydrogen-bond acceptors (Lipinski definition) is 5. The number of aliphatic hydroxyl groups is 2. The van der Waals surface area contributed by atoms with Gasteiger partial charge in [0.2, 0.25) is 0 Å². The molecule has 0 aliphatic heterocycles. The smallest absolute Gasteiger partial charge is 0.185 e. The van der Waals surface area contributed by atoms with Crippen LogP contribution in [0.4, 0.5) is 0 Å². The highest BCUT2D eigenvalue weighted by molar-refractivity contribution is 5.75. The molecule has 0 bridgehead atoms. The summed E-state index contributed by atoms with van der Waals surface area (Å²) in [4.78, 5) is 9.36. The van der Waals surface area contributed by atoms with Crippen molar-refractivity contribution in [1.82, 2.24) is 5.48 Å². The highest BCUT2D eigenvalue weighted by Crippen LogP contribution is 2.69. The number of hydrogen-bond donors (Lipinski definition) is 5. The van der Waals surface area contributed by atoms with E-state index in [-0.39, 0.29) is 17.5 Å². The number of rotatable bonds is 7. The standard InChI is InChI=1S/C24H44N4O3/c1-22-9-6-18(29)15-17(22)3-4-20-19(22)7-10-23(2)16(5-11-24(20,23)30)8-12-28-31-14-13-27-21(25)26/h16-20,28-30H,3-15H2,1-2H3,(H4,25,26,27)/t16-,17-,18+,19+,20-,22+,23-,24+/m1/s1. The van der Waals surface area contributed by atoms with Crippen molar-refractivity contribution in [1.29, 1.82) is 0 Å². The summed E-state index contributed by atoms with van der Waals surface area (Å²) in [6.07, 6.45) is 10.6. The molecule has 0 saturated heterocycles. The molecule has 7 heteroatoms. The number of aliphatic imine (C=N–C) groups is 1. The molecular formula is C24H44N4O3. The Morgan fingerprint density at radius 2 is 1.87 bits per heavy atom. The van der Waals surface area contributed by atoms with Gasteiger partial charge in [0, 0.05) is 6.54 Å². The zero-order chi connectivity index (χ0) is 22.3. The van der Waals surface area contributed by atoms with Crippen LogP contribution in [0.2, 0.25) is 0 Å². The van der Waals surface area contributed by atoms with Gasteiger partial charge in [0.25, 0.3) is 0 Å². The van der Waals surface area contributed by atoms with Crippen LogP contribution in [0.1, 0.15) is 78.1 Å². The number of guanidine groups is 1. The lowest BCUT2D eigenvalue weighted by molar-refractivity contribution is -0.210. The fourth-order valence-corrected chi connectivity index (χ4v) is 8.37. The Bertz CT molecular complexity index is 671. The van der Waals surface area contributed by atoms with Crippen molar-refractivity contribution in [3.05, 3.63) is 0 Å².